The fraction of sp³-hybridized carbons (Fsp3) is 1.00. The van der Waals surface area contributed by atoms with Crippen LogP contribution in [0.5, 0.6) is 0 Å². The molecule has 0 aromatic heterocycles. The van der Waals surface area contributed by atoms with Crippen LogP contribution in [0.3, 0.4) is 0 Å². The predicted octanol–water partition coefficient (Wildman–Crippen LogP) is 9.58. The standard InChI is InChI=1S/C28H59NO2S/c1-4-7-10-13-16-17-18-19-22-25-28-29(32(30)31,26-23-20-14-11-8-5-2)27-24-21-15-12-9-6-3/h4-28H2,1-3H3/p+1. The smallest absolute Gasteiger partial charge is 0.261 e. The Balaban J connectivity index is 4.36. The minimum Gasteiger partial charge on any atom is -0.261 e. The average molecular weight is 475 g/mol. The molecule has 0 aromatic carbocycles. The third-order valence-corrected chi connectivity index (χ3v) is 8.30. The quantitative estimate of drug-likeness (QED) is 0.0769. The molecular weight excluding hydrogens is 414 g/mol. The first-order valence-corrected chi connectivity index (χ1v) is 15.7. The fourth-order valence-electron chi connectivity index (χ4n) is 4.82. The Hall–Kier alpha value is 0.0700. The normalized spacial score (nSPS) is 13.0. The number of nitrogens with zero attached hydrogens (tertiary/aromatic N) is 1. The Kier molecular flexibility index (Phi) is 24.3. The molecular formula is C28H60NO2S+. The van der Waals surface area contributed by atoms with Gasteiger partial charge in [-0.15, -0.1) is 0 Å². The van der Waals surface area contributed by atoms with Crippen LogP contribution in [0, 0.1) is 0 Å². The molecule has 1 atom stereocenters. The minimum absolute atomic E-state index is 0.443. The summed E-state index contributed by atoms with van der Waals surface area (Å²) in [5, 5.41) is 0. The van der Waals surface area contributed by atoms with Crippen molar-refractivity contribution in [2.45, 2.75) is 162 Å². The van der Waals surface area contributed by atoms with Gasteiger partial charge in [0.1, 0.15) is 0 Å². The van der Waals surface area contributed by atoms with Crippen molar-refractivity contribution in [3.8, 4) is 0 Å². The second-order valence-corrected chi connectivity index (χ2v) is 11.4. The summed E-state index contributed by atoms with van der Waals surface area (Å²) in [6.07, 6.45) is 28.2. The van der Waals surface area contributed by atoms with Crippen molar-refractivity contribution in [1.29, 1.82) is 0 Å². The van der Waals surface area contributed by atoms with Crippen LogP contribution in [0.25, 0.3) is 0 Å². The van der Waals surface area contributed by atoms with E-state index < -0.39 is 11.3 Å². The maximum atomic E-state index is 12.5. The third-order valence-electron chi connectivity index (χ3n) is 7.09. The first kappa shape index (κ1) is 32.1. The van der Waals surface area contributed by atoms with Gasteiger partial charge in [-0.3, -0.25) is 4.55 Å². The van der Waals surface area contributed by atoms with E-state index in [0.717, 1.165) is 38.9 Å². The van der Waals surface area contributed by atoms with Crippen molar-refractivity contribution >= 4 is 11.3 Å². The van der Waals surface area contributed by atoms with E-state index in [0.29, 0.717) is 3.89 Å². The summed E-state index contributed by atoms with van der Waals surface area (Å²) in [6, 6.07) is 0. The van der Waals surface area contributed by atoms with E-state index in [4.69, 9.17) is 0 Å². The van der Waals surface area contributed by atoms with Gasteiger partial charge in [-0.25, -0.2) is 3.89 Å². The molecule has 0 heterocycles. The first-order chi connectivity index (χ1) is 15.6. The van der Waals surface area contributed by atoms with Crippen LogP contribution < -0.4 is 0 Å². The van der Waals surface area contributed by atoms with Gasteiger partial charge in [0, 0.05) is 0 Å². The Morgan fingerprint density at radius 1 is 0.438 bits per heavy atom. The van der Waals surface area contributed by atoms with Crippen LogP contribution in [-0.4, -0.2) is 32.3 Å². The molecule has 0 fully saturated rings. The largest absolute Gasteiger partial charge is 0.358 e. The zero-order valence-corrected chi connectivity index (χ0v) is 23.2. The number of hydrogen-bond donors (Lipinski definition) is 1. The van der Waals surface area contributed by atoms with Crippen LogP contribution >= 0.6 is 0 Å². The van der Waals surface area contributed by atoms with E-state index >= 15 is 0 Å². The Bertz CT molecular complexity index is 387. The molecule has 4 heteroatoms. The molecule has 0 amide bonds. The second-order valence-electron chi connectivity index (χ2n) is 10.2. The molecule has 0 aromatic rings. The minimum atomic E-state index is -1.76. The fourth-order valence-corrected chi connectivity index (χ4v) is 5.67. The van der Waals surface area contributed by atoms with Crippen molar-refractivity contribution < 1.29 is 12.6 Å². The number of quaternary nitrogens is 1. The van der Waals surface area contributed by atoms with Crippen molar-refractivity contribution in [2.24, 2.45) is 0 Å². The van der Waals surface area contributed by atoms with E-state index in [1.165, 1.54) is 122 Å². The Labute approximate surface area is 205 Å². The van der Waals surface area contributed by atoms with Crippen LogP contribution in [0.2, 0.25) is 0 Å². The Morgan fingerprint density at radius 3 is 0.875 bits per heavy atom. The molecule has 0 saturated heterocycles. The van der Waals surface area contributed by atoms with Gasteiger partial charge >= 0.3 is 11.3 Å². The summed E-state index contributed by atoms with van der Waals surface area (Å²) < 4.78 is 23.3. The van der Waals surface area contributed by atoms with Crippen LogP contribution in [-0.2, 0) is 11.3 Å². The zero-order chi connectivity index (χ0) is 23.8. The molecule has 0 bridgehead atoms. The SMILES string of the molecule is CCCCCCCCCCCC[N+](CCCCCCCC)(CCCCCCCC)S(=O)O. The highest BCUT2D eigenvalue weighted by Crippen LogP contribution is 2.20. The molecule has 0 spiro atoms. The van der Waals surface area contributed by atoms with Gasteiger partial charge in [0.15, 0.2) is 0 Å². The van der Waals surface area contributed by atoms with Crippen molar-refractivity contribution in [3.63, 3.8) is 0 Å². The summed E-state index contributed by atoms with van der Waals surface area (Å²) in [7, 11) is 0. The van der Waals surface area contributed by atoms with Gasteiger partial charge in [-0.1, -0.05) is 124 Å². The lowest BCUT2D eigenvalue weighted by molar-refractivity contribution is -0.807. The number of hydrogen-bond acceptors (Lipinski definition) is 1. The van der Waals surface area contributed by atoms with Crippen LogP contribution in [0.1, 0.15) is 162 Å². The molecule has 0 aliphatic heterocycles. The van der Waals surface area contributed by atoms with Gasteiger partial charge < -0.3 is 0 Å². The molecule has 0 rings (SSSR count). The highest BCUT2D eigenvalue weighted by molar-refractivity contribution is 7.73. The number of rotatable bonds is 26. The molecule has 194 valence electrons. The summed E-state index contributed by atoms with van der Waals surface area (Å²) in [5.41, 5.74) is 0. The van der Waals surface area contributed by atoms with Gasteiger partial charge in [0.05, 0.1) is 19.6 Å². The molecule has 3 nitrogen and oxygen atoms in total. The average Bonchev–Trinajstić information content (AvgIpc) is 2.79. The predicted molar refractivity (Wildman–Crippen MR) is 144 cm³/mol. The highest BCUT2D eigenvalue weighted by Gasteiger charge is 2.33. The van der Waals surface area contributed by atoms with Gasteiger partial charge in [-0.2, -0.15) is 4.21 Å². The summed E-state index contributed by atoms with van der Waals surface area (Å²) in [6.45, 7) is 9.46. The maximum absolute atomic E-state index is 12.5. The van der Waals surface area contributed by atoms with Crippen LogP contribution in [0.4, 0.5) is 0 Å². The first-order valence-electron chi connectivity index (χ1n) is 14.6. The van der Waals surface area contributed by atoms with E-state index in [1.54, 1.807) is 0 Å². The molecule has 0 radical (unpaired) electrons. The van der Waals surface area contributed by atoms with E-state index in [1.807, 2.05) is 0 Å². The van der Waals surface area contributed by atoms with Crippen molar-refractivity contribution in [1.82, 2.24) is 0 Å². The lowest BCUT2D eigenvalue weighted by atomic mass is 10.1. The molecule has 32 heavy (non-hydrogen) atoms. The maximum Gasteiger partial charge on any atom is 0.358 e. The monoisotopic (exact) mass is 474 g/mol. The van der Waals surface area contributed by atoms with E-state index in [2.05, 4.69) is 20.8 Å². The zero-order valence-electron chi connectivity index (χ0n) is 22.4. The second kappa shape index (κ2) is 24.2. The summed E-state index contributed by atoms with van der Waals surface area (Å²) >= 11 is -1.76. The van der Waals surface area contributed by atoms with E-state index in [9.17, 15) is 8.76 Å². The molecule has 0 saturated carbocycles. The van der Waals surface area contributed by atoms with E-state index in [-0.39, 0.29) is 0 Å². The molecule has 0 aliphatic rings. The molecule has 1 unspecified atom stereocenters. The lowest BCUT2D eigenvalue weighted by Gasteiger charge is -2.33. The summed E-state index contributed by atoms with van der Waals surface area (Å²) in [4.78, 5) is 0. The number of unbranched alkanes of at least 4 members (excludes halogenated alkanes) is 19. The Morgan fingerprint density at radius 2 is 0.656 bits per heavy atom. The highest BCUT2D eigenvalue weighted by atomic mass is 32.2. The van der Waals surface area contributed by atoms with Gasteiger partial charge in [0.2, 0.25) is 0 Å². The summed E-state index contributed by atoms with van der Waals surface area (Å²) in [5.74, 6) is 0. The third kappa shape index (κ3) is 18.5. The van der Waals surface area contributed by atoms with Crippen LogP contribution in [0.15, 0.2) is 0 Å². The van der Waals surface area contributed by atoms with Gasteiger partial charge in [-0.05, 0) is 38.5 Å². The molecule has 0 aliphatic carbocycles. The van der Waals surface area contributed by atoms with Crippen molar-refractivity contribution in [3.05, 3.63) is 0 Å². The topological polar surface area (TPSA) is 37.3 Å². The lowest BCUT2D eigenvalue weighted by Crippen LogP contribution is -2.51. The van der Waals surface area contributed by atoms with Crippen molar-refractivity contribution in [2.75, 3.05) is 19.6 Å². The van der Waals surface area contributed by atoms with Gasteiger partial charge in [0.25, 0.3) is 0 Å². The molecule has 1 N–H and O–H groups in total.